The minimum Gasteiger partial charge on any atom is -0.450 e. The maximum atomic E-state index is 10.7. The van der Waals surface area contributed by atoms with E-state index in [0.29, 0.717) is 11.6 Å². The van der Waals surface area contributed by atoms with Crippen LogP contribution in [-0.2, 0) is 4.74 Å². The van der Waals surface area contributed by atoms with Gasteiger partial charge < -0.3 is 4.74 Å². The van der Waals surface area contributed by atoms with Gasteiger partial charge in [-0.05, 0) is 19.8 Å². The summed E-state index contributed by atoms with van der Waals surface area (Å²) in [5, 5.41) is 2.45. The van der Waals surface area contributed by atoms with Gasteiger partial charge in [0.15, 0.2) is 0 Å². The van der Waals surface area contributed by atoms with E-state index in [9.17, 15) is 4.79 Å². The Morgan fingerprint density at radius 3 is 2.64 bits per heavy atom. The van der Waals surface area contributed by atoms with Crippen LogP contribution in [0.4, 0.5) is 4.79 Å². The summed E-state index contributed by atoms with van der Waals surface area (Å²) in [5.41, 5.74) is 0. The summed E-state index contributed by atoms with van der Waals surface area (Å²) in [5.74, 6) is 0. The third-order valence-corrected chi connectivity index (χ3v) is 1.30. The number of carbonyl (C=O) groups excluding carboxylic acids is 1. The number of thiocarbonyl (C=S) groups is 1. The number of amides is 1. The topological polar surface area (TPSA) is 38.3 Å². The first-order valence-corrected chi connectivity index (χ1v) is 4.08. The van der Waals surface area contributed by atoms with Crippen molar-refractivity contribution < 1.29 is 9.53 Å². The minimum absolute atomic E-state index is 0.376. The highest BCUT2D eigenvalue weighted by molar-refractivity contribution is 7.80. The number of alkyl carbamates (subject to hydrolysis) is 1. The van der Waals surface area contributed by atoms with Crippen molar-refractivity contribution in [3.8, 4) is 0 Å². The minimum atomic E-state index is -0.453. The smallest absolute Gasteiger partial charge is 0.412 e. The zero-order valence-corrected chi connectivity index (χ0v) is 7.66. The number of hydrogen-bond donors (Lipinski definition) is 1. The molecule has 11 heavy (non-hydrogen) atoms. The molecule has 0 aromatic heterocycles. The van der Waals surface area contributed by atoms with Gasteiger partial charge in [-0.3, -0.25) is 5.32 Å². The molecule has 0 saturated carbocycles. The summed E-state index contributed by atoms with van der Waals surface area (Å²) in [7, 11) is 0. The van der Waals surface area contributed by atoms with Gasteiger partial charge in [-0.1, -0.05) is 19.1 Å². The second-order valence-electron chi connectivity index (χ2n) is 2.02. The van der Waals surface area contributed by atoms with Crippen molar-refractivity contribution in [2.24, 2.45) is 0 Å². The molecule has 0 fully saturated rings. The Hall–Kier alpha value is -0.640. The van der Waals surface area contributed by atoms with E-state index >= 15 is 0 Å². The predicted molar refractivity (Wildman–Crippen MR) is 47.7 cm³/mol. The molecule has 1 N–H and O–H groups in total. The van der Waals surface area contributed by atoms with Crippen molar-refractivity contribution in [3.05, 3.63) is 0 Å². The Kier molecular flexibility index (Phi) is 5.74. The maximum Gasteiger partial charge on any atom is 0.412 e. The molecule has 0 heterocycles. The Morgan fingerprint density at radius 1 is 1.55 bits per heavy atom. The second-order valence-corrected chi connectivity index (χ2v) is 2.51. The Labute approximate surface area is 72.1 Å². The van der Waals surface area contributed by atoms with Gasteiger partial charge in [-0.25, -0.2) is 4.79 Å². The number of hydrogen-bond acceptors (Lipinski definition) is 3. The standard InChI is InChI=1S/C7H13NO2S/c1-3-5-6(11)8-7(9)10-4-2/h3-5H2,1-2H3,(H,8,9,11). The van der Waals surface area contributed by atoms with Crippen molar-refractivity contribution in [2.75, 3.05) is 6.61 Å². The van der Waals surface area contributed by atoms with E-state index in [-0.39, 0.29) is 0 Å². The monoisotopic (exact) mass is 175 g/mol. The van der Waals surface area contributed by atoms with Gasteiger partial charge in [-0.15, -0.1) is 0 Å². The van der Waals surface area contributed by atoms with Crippen molar-refractivity contribution in [1.29, 1.82) is 0 Å². The molecule has 3 nitrogen and oxygen atoms in total. The first-order chi connectivity index (χ1) is 5.20. The van der Waals surface area contributed by atoms with Crippen LogP contribution in [0.15, 0.2) is 0 Å². The summed E-state index contributed by atoms with van der Waals surface area (Å²) in [6, 6.07) is 0. The lowest BCUT2D eigenvalue weighted by molar-refractivity contribution is 0.158. The van der Waals surface area contributed by atoms with Gasteiger partial charge in [0, 0.05) is 0 Å². The molecule has 0 aromatic carbocycles. The molecule has 0 aliphatic heterocycles. The molecular weight excluding hydrogens is 162 g/mol. The summed E-state index contributed by atoms with van der Waals surface area (Å²) in [6.45, 7) is 4.13. The molecule has 0 bridgehead atoms. The molecule has 0 aromatic rings. The highest BCUT2D eigenvalue weighted by Crippen LogP contribution is 1.89. The molecule has 4 heteroatoms. The van der Waals surface area contributed by atoms with Crippen LogP contribution in [0.3, 0.4) is 0 Å². The molecule has 0 rings (SSSR count). The molecule has 0 aliphatic rings. The van der Waals surface area contributed by atoms with Crippen LogP contribution < -0.4 is 5.32 Å². The summed E-state index contributed by atoms with van der Waals surface area (Å²) in [4.78, 5) is 11.3. The van der Waals surface area contributed by atoms with Gasteiger partial charge in [0.2, 0.25) is 0 Å². The number of ether oxygens (including phenoxy) is 1. The third kappa shape index (κ3) is 5.79. The molecule has 0 spiro atoms. The fraction of sp³-hybridized carbons (Fsp3) is 0.714. The highest BCUT2D eigenvalue weighted by atomic mass is 32.1. The summed E-state index contributed by atoms with van der Waals surface area (Å²) in [6.07, 6.45) is 1.21. The van der Waals surface area contributed by atoms with Crippen LogP contribution >= 0.6 is 12.2 Å². The van der Waals surface area contributed by atoms with Crippen LogP contribution in [0.1, 0.15) is 26.7 Å². The van der Waals surface area contributed by atoms with E-state index in [4.69, 9.17) is 12.2 Å². The SMILES string of the molecule is CCCC(=S)NC(=O)OCC. The molecule has 0 radical (unpaired) electrons. The first kappa shape index (κ1) is 10.4. The van der Waals surface area contributed by atoms with Crippen LogP contribution in [0, 0.1) is 0 Å². The van der Waals surface area contributed by atoms with E-state index in [1.807, 2.05) is 6.92 Å². The van der Waals surface area contributed by atoms with Gasteiger partial charge >= 0.3 is 6.09 Å². The van der Waals surface area contributed by atoms with E-state index in [0.717, 1.165) is 12.8 Å². The average Bonchev–Trinajstić information content (AvgIpc) is 1.87. The predicted octanol–water partition coefficient (Wildman–Crippen LogP) is 1.86. The average molecular weight is 175 g/mol. The fourth-order valence-corrected chi connectivity index (χ4v) is 0.858. The first-order valence-electron chi connectivity index (χ1n) is 3.67. The lowest BCUT2D eigenvalue weighted by atomic mass is 10.3. The number of rotatable bonds is 3. The maximum absolute atomic E-state index is 10.7. The van der Waals surface area contributed by atoms with E-state index in [1.54, 1.807) is 6.92 Å². The van der Waals surface area contributed by atoms with Gasteiger partial charge in [0.05, 0.1) is 11.6 Å². The fourth-order valence-electron chi connectivity index (χ4n) is 0.571. The third-order valence-electron chi connectivity index (χ3n) is 0.994. The van der Waals surface area contributed by atoms with Crippen molar-refractivity contribution in [3.63, 3.8) is 0 Å². The summed E-state index contributed by atoms with van der Waals surface area (Å²) < 4.78 is 4.62. The molecule has 64 valence electrons. The zero-order valence-electron chi connectivity index (χ0n) is 6.85. The van der Waals surface area contributed by atoms with Crippen molar-refractivity contribution >= 4 is 23.3 Å². The van der Waals surface area contributed by atoms with Crippen LogP contribution in [-0.4, -0.2) is 17.7 Å². The highest BCUT2D eigenvalue weighted by Gasteiger charge is 2.01. The second kappa shape index (κ2) is 6.09. The van der Waals surface area contributed by atoms with Gasteiger partial charge in [0.1, 0.15) is 0 Å². The van der Waals surface area contributed by atoms with E-state index < -0.39 is 6.09 Å². The van der Waals surface area contributed by atoms with E-state index in [2.05, 4.69) is 10.1 Å². The van der Waals surface area contributed by atoms with E-state index in [1.165, 1.54) is 0 Å². The molecule has 0 unspecified atom stereocenters. The number of carbonyl (C=O) groups is 1. The molecule has 0 atom stereocenters. The Morgan fingerprint density at radius 2 is 2.18 bits per heavy atom. The lowest BCUT2D eigenvalue weighted by Gasteiger charge is -2.04. The van der Waals surface area contributed by atoms with Gasteiger partial charge in [-0.2, -0.15) is 0 Å². The summed E-state index contributed by atoms with van der Waals surface area (Å²) >= 11 is 4.83. The normalized spacial score (nSPS) is 8.91. The molecule has 0 aliphatic carbocycles. The molecular formula is C7H13NO2S. The quantitative estimate of drug-likeness (QED) is 0.665. The Bertz CT molecular complexity index is 131. The Balaban J connectivity index is 3.49. The van der Waals surface area contributed by atoms with Crippen LogP contribution in [0.2, 0.25) is 0 Å². The van der Waals surface area contributed by atoms with Crippen LogP contribution in [0.25, 0.3) is 0 Å². The molecule has 0 saturated heterocycles. The largest absolute Gasteiger partial charge is 0.450 e. The number of nitrogens with one attached hydrogen (secondary N) is 1. The van der Waals surface area contributed by atoms with Gasteiger partial charge in [0.25, 0.3) is 0 Å². The zero-order chi connectivity index (χ0) is 8.69. The van der Waals surface area contributed by atoms with Crippen LogP contribution in [0.5, 0.6) is 0 Å². The van der Waals surface area contributed by atoms with Crippen molar-refractivity contribution in [2.45, 2.75) is 26.7 Å². The lowest BCUT2D eigenvalue weighted by Crippen LogP contribution is -2.29. The van der Waals surface area contributed by atoms with Crippen molar-refractivity contribution in [1.82, 2.24) is 5.32 Å². The molecule has 1 amide bonds.